The lowest BCUT2D eigenvalue weighted by molar-refractivity contribution is -0.124. The van der Waals surface area contributed by atoms with Crippen molar-refractivity contribution < 1.29 is 9.53 Å². The molecule has 0 bridgehead atoms. The van der Waals surface area contributed by atoms with Crippen LogP contribution in [-0.4, -0.2) is 31.6 Å². The van der Waals surface area contributed by atoms with Crippen LogP contribution in [0.4, 0.5) is 0 Å². The molecule has 0 unspecified atom stereocenters. The van der Waals surface area contributed by atoms with E-state index >= 15 is 0 Å². The molecule has 0 spiro atoms. The lowest BCUT2D eigenvalue weighted by atomic mass is 10.0. The molecule has 0 atom stereocenters. The number of ether oxygens (including phenoxy) is 1. The summed E-state index contributed by atoms with van der Waals surface area (Å²) in [6.07, 6.45) is 1.99. The average Bonchev–Trinajstić information content (AvgIpc) is 2.46. The Morgan fingerprint density at radius 1 is 1.36 bits per heavy atom. The minimum absolute atomic E-state index is 0. The first-order valence-electron chi connectivity index (χ1n) is 7.79. The minimum atomic E-state index is -0.0295. The molecule has 1 saturated heterocycles. The number of aryl methyl sites for hydroxylation is 1. The van der Waals surface area contributed by atoms with Crippen molar-refractivity contribution in [3.05, 3.63) is 29.3 Å². The van der Waals surface area contributed by atoms with Crippen LogP contribution < -0.4 is 15.4 Å². The van der Waals surface area contributed by atoms with Crippen LogP contribution in [0.1, 0.15) is 43.7 Å². The second-order valence-electron chi connectivity index (χ2n) is 6.08. The van der Waals surface area contributed by atoms with Gasteiger partial charge in [0.2, 0.25) is 0 Å². The fourth-order valence-electron chi connectivity index (χ4n) is 2.62. The number of piperidine rings is 1. The molecule has 0 saturated carbocycles. The van der Waals surface area contributed by atoms with Gasteiger partial charge in [0.05, 0.1) is 0 Å². The van der Waals surface area contributed by atoms with Gasteiger partial charge in [0, 0.05) is 6.04 Å². The van der Waals surface area contributed by atoms with E-state index in [0.29, 0.717) is 5.92 Å². The third kappa shape index (κ3) is 5.50. The monoisotopic (exact) mass is 326 g/mol. The van der Waals surface area contributed by atoms with Gasteiger partial charge in [-0.05, 0) is 56.0 Å². The molecule has 5 heteroatoms. The first kappa shape index (κ1) is 18.8. The van der Waals surface area contributed by atoms with Gasteiger partial charge in [0.1, 0.15) is 5.75 Å². The molecule has 4 nitrogen and oxygen atoms in total. The quantitative estimate of drug-likeness (QED) is 0.874. The second kappa shape index (κ2) is 9.01. The summed E-state index contributed by atoms with van der Waals surface area (Å²) in [7, 11) is 0. The molecule has 2 rings (SSSR count). The number of hydrogen-bond donors (Lipinski definition) is 2. The number of rotatable bonds is 5. The van der Waals surface area contributed by atoms with Gasteiger partial charge in [0.25, 0.3) is 5.91 Å². The highest BCUT2D eigenvalue weighted by atomic mass is 35.5. The largest absolute Gasteiger partial charge is 0.483 e. The maximum atomic E-state index is 12.0. The Morgan fingerprint density at radius 3 is 2.68 bits per heavy atom. The van der Waals surface area contributed by atoms with Crippen molar-refractivity contribution in [2.75, 3.05) is 19.7 Å². The number of amides is 1. The second-order valence-corrected chi connectivity index (χ2v) is 6.08. The average molecular weight is 327 g/mol. The predicted octanol–water partition coefficient (Wildman–Crippen LogP) is 2.79. The van der Waals surface area contributed by atoms with Crippen LogP contribution in [0.5, 0.6) is 5.75 Å². The molecule has 1 aliphatic heterocycles. The summed E-state index contributed by atoms with van der Waals surface area (Å²) in [5.74, 6) is 1.18. The Labute approximate surface area is 139 Å². The number of carbonyl (C=O) groups is 1. The van der Waals surface area contributed by atoms with Crippen LogP contribution in [0.3, 0.4) is 0 Å². The lowest BCUT2D eigenvalue weighted by Crippen LogP contribution is -2.44. The van der Waals surface area contributed by atoms with Crippen molar-refractivity contribution in [1.82, 2.24) is 10.6 Å². The number of nitrogens with one attached hydrogen (secondary N) is 2. The molecule has 124 valence electrons. The van der Waals surface area contributed by atoms with Crippen LogP contribution in [0, 0.1) is 6.92 Å². The van der Waals surface area contributed by atoms with Crippen LogP contribution in [-0.2, 0) is 4.79 Å². The molecular weight excluding hydrogens is 300 g/mol. The summed E-state index contributed by atoms with van der Waals surface area (Å²) in [5.41, 5.74) is 2.29. The van der Waals surface area contributed by atoms with Gasteiger partial charge >= 0.3 is 0 Å². The van der Waals surface area contributed by atoms with Crippen LogP contribution >= 0.6 is 12.4 Å². The van der Waals surface area contributed by atoms with E-state index in [4.69, 9.17) is 4.74 Å². The van der Waals surface area contributed by atoms with Crippen LogP contribution in [0.15, 0.2) is 18.2 Å². The van der Waals surface area contributed by atoms with Gasteiger partial charge < -0.3 is 15.4 Å². The summed E-state index contributed by atoms with van der Waals surface area (Å²) >= 11 is 0. The van der Waals surface area contributed by atoms with E-state index < -0.39 is 0 Å². The van der Waals surface area contributed by atoms with Crippen molar-refractivity contribution in [1.29, 1.82) is 0 Å². The van der Waals surface area contributed by atoms with Crippen LogP contribution in [0.2, 0.25) is 0 Å². The number of carbonyl (C=O) groups excluding carboxylic acids is 1. The minimum Gasteiger partial charge on any atom is -0.483 e. The number of halogens is 1. The molecule has 1 aromatic rings. The molecule has 22 heavy (non-hydrogen) atoms. The molecule has 0 radical (unpaired) electrons. The van der Waals surface area contributed by atoms with Gasteiger partial charge in [0.15, 0.2) is 6.61 Å². The topological polar surface area (TPSA) is 50.4 Å². The summed E-state index contributed by atoms with van der Waals surface area (Å²) in [6, 6.07) is 6.45. The Morgan fingerprint density at radius 2 is 2.05 bits per heavy atom. The first-order chi connectivity index (χ1) is 10.1. The maximum Gasteiger partial charge on any atom is 0.258 e. The molecule has 1 fully saturated rings. The highest BCUT2D eigenvalue weighted by Crippen LogP contribution is 2.27. The third-order valence-electron chi connectivity index (χ3n) is 3.85. The first-order valence-corrected chi connectivity index (χ1v) is 7.79. The normalized spacial score (nSPS) is 15.3. The van der Waals surface area contributed by atoms with Gasteiger partial charge in [-0.2, -0.15) is 0 Å². The zero-order valence-corrected chi connectivity index (χ0v) is 14.5. The standard InChI is InChI=1S/C17H26N2O2.ClH/c1-12(2)15-5-4-13(3)10-16(15)21-11-17(20)19-14-6-8-18-9-7-14;/h4-5,10,12,14,18H,6-9,11H2,1-3H3,(H,19,20);1H. The van der Waals surface area contributed by atoms with Crippen molar-refractivity contribution >= 4 is 18.3 Å². The van der Waals surface area contributed by atoms with E-state index in [-0.39, 0.29) is 31.0 Å². The van der Waals surface area contributed by atoms with Crippen LogP contribution in [0.25, 0.3) is 0 Å². The Hall–Kier alpha value is -1.26. The summed E-state index contributed by atoms with van der Waals surface area (Å²) in [5, 5.41) is 6.34. The Kier molecular flexibility index (Phi) is 7.69. The SMILES string of the molecule is Cc1ccc(C(C)C)c(OCC(=O)NC2CCNCC2)c1.Cl. The summed E-state index contributed by atoms with van der Waals surface area (Å²) < 4.78 is 5.75. The molecule has 2 N–H and O–H groups in total. The van der Waals surface area contributed by atoms with Crippen molar-refractivity contribution in [2.24, 2.45) is 0 Å². The van der Waals surface area contributed by atoms with E-state index in [1.165, 1.54) is 0 Å². The predicted molar refractivity (Wildman–Crippen MR) is 92.0 cm³/mol. The molecule has 1 amide bonds. The molecule has 1 heterocycles. The van der Waals surface area contributed by atoms with E-state index in [1.54, 1.807) is 0 Å². The Bertz CT molecular complexity index is 486. The van der Waals surface area contributed by atoms with Gasteiger partial charge in [-0.3, -0.25) is 4.79 Å². The summed E-state index contributed by atoms with van der Waals surface area (Å²) in [4.78, 5) is 12.0. The molecule has 1 aromatic carbocycles. The smallest absolute Gasteiger partial charge is 0.258 e. The zero-order chi connectivity index (χ0) is 15.2. The highest BCUT2D eigenvalue weighted by molar-refractivity contribution is 5.85. The van der Waals surface area contributed by atoms with Crippen molar-refractivity contribution in [3.8, 4) is 5.75 Å². The Balaban J connectivity index is 0.00000242. The zero-order valence-electron chi connectivity index (χ0n) is 13.6. The van der Waals surface area contributed by atoms with Crippen molar-refractivity contribution in [3.63, 3.8) is 0 Å². The maximum absolute atomic E-state index is 12.0. The van der Waals surface area contributed by atoms with E-state index in [0.717, 1.165) is 42.8 Å². The van der Waals surface area contributed by atoms with Gasteiger partial charge in [-0.1, -0.05) is 26.0 Å². The summed E-state index contributed by atoms with van der Waals surface area (Å²) in [6.45, 7) is 8.33. The van der Waals surface area contributed by atoms with Gasteiger partial charge in [-0.25, -0.2) is 0 Å². The molecule has 0 aromatic heterocycles. The van der Waals surface area contributed by atoms with E-state index in [1.807, 2.05) is 13.0 Å². The molecule has 1 aliphatic rings. The fourth-order valence-corrected chi connectivity index (χ4v) is 2.62. The lowest BCUT2D eigenvalue weighted by Gasteiger charge is -2.23. The molecule has 0 aliphatic carbocycles. The van der Waals surface area contributed by atoms with Crippen molar-refractivity contribution in [2.45, 2.75) is 45.6 Å². The number of hydrogen-bond acceptors (Lipinski definition) is 3. The molecular formula is C17H27ClN2O2. The van der Waals surface area contributed by atoms with Gasteiger partial charge in [-0.15, -0.1) is 12.4 Å². The fraction of sp³-hybridized carbons (Fsp3) is 0.588. The van der Waals surface area contributed by atoms with E-state index in [9.17, 15) is 4.79 Å². The third-order valence-corrected chi connectivity index (χ3v) is 3.85. The highest BCUT2D eigenvalue weighted by Gasteiger charge is 2.16. The van der Waals surface area contributed by atoms with E-state index in [2.05, 4.69) is 36.6 Å². The number of benzene rings is 1.